The van der Waals surface area contributed by atoms with Crippen molar-refractivity contribution in [1.29, 1.82) is 0 Å². The molecule has 1 fully saturated rings. The predicted octanol–water partition coefficient (Wildman–Crippen LogP) is 2.31. The summed E-state index contributed by atoms with van der Waals surface area (Å²) in [6, 6.07) is 0. The van der Waals surface area contributed by atoms with Gasteiger partial charge in [-0.15, -0.1) is 0 Å². The van der Waals surface area contributed by atoms with Crippen LogP contribution in [0.2, 0.25) is 0 Å². The maximum absolute atomic E-state index is 11.4. The highest BCUT2D eigenvalue weighted by Gasteiger charge is 2.26. The normalized spacial score (nSPS) is 23.7. The number of hydrogen-bond acceptors (Lipinski definition) is 4. The van der Waals surface area contributed by atoms with Gasteiger partial charge < -0.3 is 4.74 Å². The van der Waals surface area contributed by atoms with Crippen molar-refractivity contribution < 1.29 is 9.53 Å². The van der Waals surface area contributed by atoms with Crippen LogP contribution < -0.4 is 0 Å². The Kier molecular flexibility index (Phi) is 4.28. The number of carbonyl (C=O) groups is 1. The number of nitrogens with zero attached hydrogens (tertiary/aromatic N) is 2. The maximum atomic E-state index is 11.4. The molecular weight excluding hydrogens is 228 g/mol. The van der Waals surface area contributed by atoms with Crippen LogP contribution in [0.15, 0.2) is 12.4 Å². The van der Waals surface area contributed by atoms with Gasteiger partial charge in [0.15, 0.2) is 0 Å². The Balaban J connectivity index is 1.83. The zero-order chi connectivity index (χ0) is 13.0. The Morgan fingerprint density at radius 2 is 1.89 bits per heavy atom. The largest absolute Gasteiger partial charge is 0.469 e. The molecule has 0 bridgehead atoms. The number of aromatic nitrogens is 2. The van der Waals surface area contributed by atoms with E-state index in [0.29, 0.717) is 5.92 Å². The summed E-state index contributed by atoms with van der Waals surface area (Å²) >= 11 is 0. The quantitative estimate of drug-likeness (QED) is 0.770. The maximum Gasteiger partial charge on any atom is 0.308 e. The number of methoxy groups -OCH3 is 1. The van der Waals surface area contributed by atoms with Gasteiger partial charge in [-0.25, -0.2) is 9.97 Å². The molecule has 1 aliphatic rings. The smallest absolute Gasteiger partial charge is 0.308 e. The number of aryl methyl sites for hydroxylation is 1. The highest BCUT2D eigenvalue weighted by Crippen LogP contribution is 2.31. The lowest BCUT2D eigenvalue weighted by Crippen LogP contribution is -2.23. The van der Waals surface area contributed by atoms with Crippen molar-refractivity contribution in [3.05, 3.63) is 23.8 Å². The molecule has 0 N–H and O–H groups in total. The second kappa shape index (κ2) is 5.94. The molecule has 0 radical (unpaired) electrons. The van der Waals surface area contributed by atoms with Crippen LogP contribution in [-0.2, 0) is 16.0 Å². The van der Waals surface area contributed by atoms with Gasteiger partial charge in [-0.05, 0) is 50.5 Å². The lowest BCUT2D eigenvalue weighted by atomic mass is 9.79. The Bertz CT molecular complexity index is 395. The van der Waals surface area contributed by atoms with E-state index in [0.717, 1.165) is 37.9 Å². The van der Waals surface area contributed by atoms with E-state index < -0.39 is 0 Å². The average Bonchev–Trinajstić information content (AvgIpc) is 2.41. The Morgan fingerprint density at radius 3 is 2.44 bits per heavy atom. The summed E-state index contributed by atoms with van der Waals surface area (Å²) in [5.74, 6) is 1.53. The van der Waals surface area contributed by atoms with Gasteiger partial charge in [-0.1, -0.05) is 0 Å². The molecule has 0 amide bonds. The first kappa shape index (κ1) is 13.0. The molecule has 4 heteroatoms. The third-order valence-corrected chi connectivity index (χ3v) is 3.74. The molecule has 2 rings (SSSR count). The Labute approximate surface area is 108 Å². The van der Waals surface area contributed by atoms with Gasteiger partial charge in [-0.3, -0.25) is 4.79 Å². The summed E-state index contributed by atoms with van der Waals surface area (Å²) in [4.78, 5) is 19.9. The van der Waals surface area contributed by atoms with Crippen LogP contribution in [0.4, 0.5) is 0 Å². The third kappa shape index (κ3) is 3.28. The standard InChI is InChI=1S/C14H20N2O2/c1-10-15-8-12(9-16-10)7-11-3-5-13(6-4-11)14(17)18-2/h8-9,11,13H,3-7H2,1-2H3/t11-,13-. The van der Waals surface area contributed by atoms with Crippen molar-refractivity contribution in [3.63, 3.8) is 0 Å². The van der Waals surface area contributed by atoms with E-state index in [2.05, 4.69) is 9.97 Å². The van der Waals surface area contributed by atoms with Crippen LogP contribution in [-0.4, -0.2) is 23.0 Å². The number of rotatable bonds is 3. The molecule has 0 atom stereocenters. The van der Waals surface area contributed by atoms with Crippen LogP contribution >= 0.6 is 0 Å². The van der Waals surface area contributed by atoms with Crippen molar-refractivity contribution in [2.75, 3.05) is 7.11 Å². The molecule has 1 aromatic rings. The number of ether oxygens (including phenoxy) is 1. The fourth-order valence-corrected chi connectivity index (χ4v) is 2.63. The second-order valence-corrected chi connectivity index (χ2v) is 5.08. The van der Waals surface area contributed by atoms with Crippen LogP contribution in [0, 0.1) is 18.8 Å². The first-order chi connectivity index (χ1) is 8.69. The average molecular weight is 248 g/mol. The molecule has 4 nitrogen and oxygen atoms in total. The summed E-state index contributed by atoms with van der Waals surface area (Å²) in [6.07, 6.45) is 8.92. The van der Waals surface area contributed by atoms with E-state index in [-0.39, 0.29) is 11.9 Å². The molecule has 1 aromatic heterocycles. The molecule has 0 aliphatic heterocycles. The third-order valence-electron chi connectivity index (χ3n) is 3.74. The summed E-state index contributed by atoms with van der Waals surface area (Å²) < 4.78 is 4.80. The fourth-order valence-electron chi connectivity index (χ4n) is 2.63. The topological polar surface area (TPSA) is 52.1 Å². The number of carbonyl (C=O) groups excluding carboxylic acids is 1. The van der Waals surface area contributed by atoms with E-state index >= 15 is 0 Å². The van der Waals surface area contributed by atoms with Crippen molar-refractivity contribution in [2.45, 2.75) is 39.0 Å². The van der Waals surface area contributed by atoms with E-state index in [4.69, 9.17) is 4.74 Å². The van der Waals surface area contributed by atoms with Crippen LogP contribution in [0.1, 0.15) is 37.1 Å². The van der Waals surface area contributed by atoms with Gasteiger partial charge in [0.25, 0.3) is 0 Å². The van der Waals surface area contributed by atoms with Crippen molar-refractivity contribution in [3.8, 4) is 0 Å². The number of esters is 1. The van der Waals surface area contributed by atoms with E-state index in [1.807, 2.05) is 19.3 Å². The minimum absolute atomic E-state index is 0.0490. The molecule has 0 unspecified atom stereocenters. The van der Waals surface area contributed by atoms with Gasteiger partial charge >= 0.3 is 5.97 Å². The molecule has 1 aliphatic carbocycles. The van der Waals surface area contributed by atoms with Crippen LogP contribution in [0.25, 0.3) is 0 Å². The molecule has 0 aromatic carbocycles. The first-order valence-corrected chi connectivity index (χ1v) is 6.54. The number of hydrogen-bond donors (Lipinski definition) is 0. The van der Waals surface area contributed by atoms with Crippen molar-refractivity contribution in [1.82, 2.24) is 9.97 Å². The lowest BCUT2D eigenvalue weighted by Gasteiger charge is -2.26. The second-order valence-electron chi connectivity index (χ2n) is 5.08. The van der Waals surface area contributed by atoms with Crippen LogP contribution in [0.5, 0.6) is 0 Å². The van der Waals surface area contributed by atoms with Crippen molar-refractivity contribution in [2.24, 2.45) is 11.8 Å². The monoisotopic (exact) mass is 248 g/mol. The Hall–Kier alpha value is -1.45. The Morgan fingerprint density at radius 1 is 1.28 bits per heavy atom. The van der Waals surface area contributed by atoms with Gasteiger partial charge in [0.05, 0.1) is 13.0 Å². The molecule has 18 heavy (non-hydrogen) atoms. The highest BCUT2D eigenvalue weighted by atomic mass is 16.5. The SMILES string of the molecule is COC(=O)[C@H]1CC[C@H](Cc2cnc(C)nc2)CC1. The van der Waals surface area contributed by atoms with Gasteiger partial charge in [-0.2, -0.15) is 0 Å². The molecule has 98 valence electrons. The molecule has 0 saturated heterocycles. The van der Waals surface area contributed by atoms with Crippen molar-refractivity contribution >= 4 is 5.97 Å². The van der Waals surface area contributed by atoms with Gasteiger partial charge in [0, 0.05) is 12.4 Å². The van der Waals surface area contributed by atoms with Crippen LogP contribution in [0.3, 0.4) is 0 Å². The van der Waals surface area contributed by atoms with Gasteiger partial charge in [0.1, 0.15) is 5.82 Å². The molecule has 1 saturated carbocycles. The zero-order valence-corrected chi connectivity index (χ0v) is 11.1. The van der Waals surface area contributed by atoms with E-state index in [1.165, 1.54) is 12.7 Å². The molecule has 1 heterocycles. The van der Waals surface area contributed by atoms with E-state index in [1.54, 1.807) is 0 Å². The molecular formula is C14H20N2O2. The molecule has 0 spiro atoms. The predicted molar refractivity (Wildman–Crippen MR) is 67.9 cm³/mol. The zero-order valence-electron chi connectivity index (χ0n) is 11.1. The first-order valence-electron chi connectivity index (χ1n) is 6.54. The lowest BCUT2D eigenvalue weighted by molar-refractivity contribution is -0.146. The minimum Gasteiger partial charge on any atom is -0.469 e. The summed E-state index contributed by atoms with van der Waals surface area (Å²) in [6.45, 7) is 1.89. The van der Waals surface area contributed by atoms with E-state index in [9.17, 15) is 4.79 Å². The van der Waals surface area contributed by atoms with Gasteiger partial charge in [0.2, 0.25) is 0 Å². The summed E-state index contributed by atoms with van der Waals surface area (Å²) in [5, 5.41) is 0. The summed E-state index contributed by atoms with van der Waals surface area (Å²) in [7, 11) is 1.47. The fraction of sp³-hybridized carbons (Fsp3) is 0.643. The summed E-state index contributed by atoms with van der Waals surface area (Å²) in [5.41, 5.74) is 1.20. The minimum atomic E-state index is -0.0490. The highest BCUT2D eigenvalue weighted by molar-refractivity contribution is 5.72.